The second kappa shape index (κ2) is 7.84. The summed E-state index contributed by atoms with van der Waals surface area (Å²) in [5.74, 6) is -0.143. The molecule has 0 bridgehead atoms. The Balaban J connectivity index is 1.52. The van der Waals surface area contributed by atoms with Crippen molar-refractivity contribution >= 4 is 34.6 Å². The molecule has 0 saturated heterocycles. The number of carbonyl (C=O) groups excluding carboxylic acids is 1. The Morgan fingerprint density at radius 2 is 1.79 bits per heavy atom. The lowest BCUT2D eigenvalue weighted by atomic mass is 10.1. The van der Waals surface area contributed by atoms with Crippen molar-refractivity contribution in [3.63, 3.8) is 0 Å². The molecular weight excluding hydrogens is 346 g/mol. The molecule has 28 heavy (non-hydrogen) atoms. The number of nitrogens with zero attached hydrogens (tertiary/aromatic N) is 2. The van der Waals surface area contributed by atoms with Crippen molar-refractivity contribution in [3.05, 3.63) is 102 Å². The first-order chi connectivity index (χ1) is 13.7. The standard InChI is InChI=1S/C24H19N3O/c1-17-7-10-20-15-22(11-12-23(20)26-17)27-24(28)21-6-2-4-18(14-21)8-9-19-5-3-13-25-16-19/h2-16H,1H3,(H,27,28). The van der Waals surface area contributed by atoms with Gasteiger partial charge in [-0.15, -0.1) is 0 Å². The number of hydrogen-bond donors (Lipinski definition) is 1. The van der Waals surface area contributed by atoms with Crippen molar-refractivity contribution < 1.29 is 4.79 Å². The van der Waals surface area contributed by atoms with E-state index >= 15 is 0 Å². The molecule has 0 radical (unpaired) electrons. The van der Waals surface area contributed by atoms with Crippen molar-refractivity contribution in [2.75, 3.05) is 5.32 Å². The van der Waals surface area contributed by atoms with Gasteiger partial charge >= 0.3 is 0 Å². The van der Waals surface area contributed by atoms with Crippen LogP contribution >= 0.6 is 0 Å². The summed E-state index contributed by atoms with van der Waals surface area (Å²) in [5, 5.41) is 3.96. The van der Waals surface area contributed by atoms with Gasteiger partial charge in [0.05, 0.1) is 5.52 Å². The first-order valence-electron chi connectivity index (χ1n) is 9.04. The number of nitrogens with one attached hydrogen (secondary N) is 1. The van der Waals surface area contributed by atoms with E-state index in [1.54, 1.807) is 12.4 Å². The minimum absolute atomic E-state index is 0.143. The number of anilines is 1. The van der Waals surface area contributed by atoms with Crippen molar-refractivity contribution in [2.24, 2.45) is 0 Å². The largest absolute Gasteiger partial charge is 0.322 e. The summed E-state index contributed by atoms with van der Waals surface area (Å²) < 4.78 is 0. The van der Waals surface area contributed by atoms with Crippen LogP contribution in [0.15, 0.2) is 79.1 Å². The van der Waals surface area contributed by atoms with E-state index in [2.05, 4.69) is 15.3 Å². The van der Waals surface area contributed by atoms with Gasteiger partial charge in [0.25, 0.3) is 5.91 Å². The van der Waals surface area contributed by atoms with Gasteiger partial charge in [-0.05, 0) is 60.5 Å². The van der Waals surface area contributed by atoms with Gasteiger partial charge in [-0.25, -0.2) is 0 Å². The number of pyridine rings is 2. The van der Waals surface area contributed by atoms with E-state index in [9.17, 15) is 4.79 Å². The number of rotatable bonds is 4. The molecule has 2 heterocycles. The molecule has 2 aromatic carbocycles. The molecule has 0 aliphatic heterocycles. The fraction of sp³-hybridized carbons (Fsp3) is 0.0417. The second-order valence-electron chi connectivity index (χ2n) is 6.56. The zero-order valence-electron chi connectivity index (χ0n) is 15.5. The average molecular weight is 365 g/mol. The molecule has 0 atom stereocenters. The lowest BCUT2D eigenvalue weighted by Gasteiger charge is -2.07. The van der Waals surface area contributed by atoms with Crippen molar-refractivity contribution in [1.82, 2.24) is 9.97 Å². The van der Waals surface area contributed by atoms with Gasteiger partial charge in [0, 0.05) is 34.7 Å². The normalized spacial score (nSPS) is 11.0. The third-order valence-corrected chi connectivity index (χ3v) is 4.39. The fourth-order valence-electron chi connectivity index (χ4n) is 2.96. The quantitative estimate of drug-likeness (QED) is 0.529. The minimum atomic E-state index is -0.143. The van der Waals surface area contributed by atoms with Gasteiger partial charge in [-0.3, -0.25) is 14.8 Å². The maximum absolute atomic E-state index is 12.7. The molecule has 1 N–H and O–H groups in total. The topological polar surface area (TPSA) is 54.9 Å². The molecular formula is C24H19N3O. The Labute approximate surface area is 163 Å². The third-order valence-electron chi connectivity index (χ3n) is 4.39. The van der Waals surface area contributed by atoms with E-state index in [4.69, 9.17) is 0 Å². The molecule has 0 unspecified atom stereocenters. The van der Waals surface area contributed by atoms with Crippen LogP contribution in [0.1, 0.15) is 27.2 Å². The van der Waals surface area contributed by atoms with Gasteiger partial charge in [0.2, 0.25) is 0 Å². The van der Waals surface area contributed by atoms with Crippen LogP contribution in [0, 0.1) is 6.92 Å². The van der Waals surface area contributed by atoms with Crippen LogP contribution in [-0.2, 0) is 0 Å². The predicted octanol–water partition coefficient (Wildman–Crippen LogP) is 5.36. The predicted molar refractivity (Wildman–Crippen MR) is 114 cm³/mol. The van der Waals surface area contributed by atoms with Gasteiger partial charge in [0.15, 0.2) is 0 Å². The molecule has 0 spiro atoms. The van der Waals surface area contributed by atoms with Gasteiger partial charge in [0.1, 0.15) is 0 Å². The first-order valence-corrected chi connectivity index (χ1v) is 9.04. The van der Waals surface area contributed by atoms with E-state index in [1.807, 2.05) is 85.8 Å². The highest BCUT2D eigenvalue weighted by Gasteiger charge is 2.07. The zero-order chi connectivity index (χ0) is 19.3. The highest BCUT2D eigenvalue weighted by atomic mass is 16.1. The maximum Gasteiger partial charge on any atom is 0.255 e. The summed E-state index contributed by atoms with van der Waals surface area (Å²) in [7, 11) is 0. The molecule has 0 aliphatic carbocycles. The summed E-state index contributed by atoms with van der Waals surface area (Å²) in [6.45, 7) is 1.96. The number of hydrogen-bond acceptors (Lipinski definition) is 3. The van der Waals surface area contributed by atoms with Crippen molar-refractivity contribution in [3.8, 4) is 0 Å². The molecule has 2 aromatic heterocycles. The lowest BCUT2D eigenvalue weighted by Crippen LogP contribution is -2.11. The molecule has 136 valence electrons. The Morgan fingerprint density at radius 3 is 2.64 bits per heavy atom. The van der Waals surface area contributed by atoms with Crippen molar-refractivity contribution in [2.45, 2.75) is 6.92 Å². The van der Waals surface area contributed by atoms with E-state index in [0.717, 1.165) is 33.4 Å². The van der Waals surface area contributed by atoms with Gasteiger partial charge in [-0.1, -0.05) is 36.4 Å². The number of carbonyl (C=O) groups is 1. The molecule has 4 nitrogen and oxygen atoms in total. The summed E-state index contributed by atoms with van der Waals surface area (Å²) in [6, 6.07) is 21.1. The lowest BCUT2D eigenvalue weighted by molar-refractivity contribution is 0.102. The maximum atomic E-state index is 12.7. The summed E-state index contributed by atoms with van der Waals surface area (Å²) in [5.41, 5.74) is 5.21. The minimum Gasteiger partial charge on any atom is -0.322 e. The monoisotopic (exact) mass is 365 g/mol. The van der Waals surface area contributed by atoms with Crippen LogP contribution in [-0.4, -0.2) is 15.9 Å². The van der Waals surface area contributed by atoms with E-state index in [-0.39, 0.29) is 5.91 Å². The first kappa shape index (κ1) is 17.6. The van der Waals surface area contributed by atoms with Crippen molar-refractivity contribution in [1.29, 1.82) is 0 Å². The molecule has 1 amide bonds. The van der Waals surface area contributed by atoms with Gasteiger partial charge < -0.3 is 5.32 Å². The summed E-state index contributed by atoms with van der Waals surface area (Å²) >= 11 is 0. The van der Waals surface area contributed by atoms with Crippen LogP contribution in [0.5, 0.6) is 0 Å². The smallest absolute Gasteiger partial charge is 0.255 e. The fourth-order valence-corrected chi connectivity index (χ4v) is 2.96. The van der Waals surface area contributed by atoms with Crippen LogP contribution in [0.25, 0.3) is 23.1 Å². The summed E-state index contributed by atoms with van der Waals surface area (Å²) in [4.78, 5) is 21.3. The van der Waals surface area contributed by atoms with Gasteiger partial charge in [-0.2, -0.15) is 0 Å². The van der Waals surface area contributed by atoms with Crippen LogP contribution < -0.4 is 5.32 Å². The van der Waals surface area contributed by atoms with E-state index < -0.39 is 0 Å². The number of benzene rings is 2. The van der Waals surface area contributed by atoms with E-state index in [0.29, 0.717) is 5.56 Å². The number of aryl methyl sites for hydroxylation is 1. The molecule has 4 heteroatoms. The summed E-state index contributed by atoms with van der Waals surface area (Å²) in [6.07, 6.45) is 7.48. The second-order valence-corrected chi connectivity index (χ2v) is 6.56. The highest BCUT2D eigenvalue weighted by Crippen LogP contribution is 2.19. The average Bonchev–Trinajstić information content (AvgIpc) is 2.73. The van der Waals surface area contributed by atoms with E-state index in [1.165, 1.54) is 0 Å². The zero-order valence-corrected chi connectivity index (χ0v) is 15.5. The molecule has 4 rings (SSSR count). The number of aromatic nitrogens is 2. The molecule has 0 fully saturated rings. The SMILES string of the molecule is Cc1ccc2cc(NC(=O)c3cccc(C=Cc4cccnc4)c3)ccc2n1. The van der Waals surface area contributed by atoms with Crippen LogP contribution in [0.2, 0.25) is 0 Å². The Hall–Kier alpha value is -3.79. The van der Waals surface area contributed by atoms with Crippen LogP contribution in [0.4, 0.5) is 5.69 Å². The Bertz CT molecular complexity index is 1170. The Kier molecular flexibility index (Phi) is 4.93. The highest BCUT2D eigenvalue weighted by molar-refractivity contribution is 6.05. The number of fused-ring (bicyclic) bond motifs is 1. The molecule has 4 aromatic rings. The molecule has 0 saturated carbocycles. The molecule has 0 aliphatic rings. The van der Waals surface area contributed by atoms with Crippen LogP contribution in [0.3, 0.4) is 0 Å². The number of amides is 1. The Morgan fingerprint density at radius 1 is 0.929 bits per heavy atom. The third kappa shape index (κ3) is 4.13.